The van der Waals surface area contributed by atoms with E-state index in [4.69, 9.17) is 26.6 Å². The molecular weight excluding hydrogens is 483 g/mol. The summed E-state index contributed by atoms with van der Waals surface area (Å²) >= 11 is 6.03. The van der Waals surface area contributed by atoms with E-state index in [1.807, 2.05) is 6.07 Å². The van der Waals surface area contributed by atoms with Crippen LogP contribution >= 0.6 is 19.4 Å². The first kappa shape index (κ1) is 24.4. The first-order valence-electron chi connectivity index (χ1n) is 9.02. The molecule has 0 aliphatic rings. The summed E-state index contributed by atoms with van der Waals surface area (Å²) in [6.07, 6.45) is 1.97. The molecule has 0 saturated heterocycles. The molecule has 1 aromatic carbocycles. The number of carbonyl (C=O) groups excluding carboxylic acids is 1. The number of aromatic nitrogens is 3. The molecule has 0 aliphatic heterocycles. The van der Waals surface area contributed by atoms with Crippen LogP contribution in [0.5, 0.6) is 0 Å². The zero-order valence-electron chi connectivity index (χ0n) is 17.0. The normalized spacial score (nSPS) is 12.1. The molecule has 33 heavy (non-hydrogen) atoms. The number of hydrogen-bond acceptors (Lipinski definition) is 6. The van der Waals surface area contributed by atoms with E-state index in [2.05, 4.69) is 19.9 Å². The fourth-order valence-corrected chi connectivity index (χ4v) is 3.37. The van der Waals surface area contributed by atoms with Gasteiger partial charge in [0.2, 0.25) is 0 Å². The number of nitriles is 1. The predicted molar refractivity (Wildman–Crippen MR) is 114 cm³/mol. The van der Waals surface area contributed by atoms with Gasteiger partial charge in [0.25, 0.3) is 5.91 Å². The molecule has 14 heteroatoms. The SMILES string of the molecule is Cc1ncc(C#N)c(C)c1NC(=O)/C(F)=C/c1ccc2c(Cl)n(COP(=O)(O)O)nc2c1F. The quantitative estimate of drug-likeness (QED) is 0.344. The number of pyridine rings is 1. The molecule has 0 spiro atoms. The van der Waals surface area contributed by atoms with Crippen molar-refractivity contribution in [2.45, 2.75) is 20.6 Å². The van der Waals surface area contributed by atoms with E-state index in [1.54, 1.807) is 13.8 Å². The van der Waals surface area contributed by atoms with Crippen molar-refractivity contribution in [3.05, 3.63) is 57.5 Å². The van der Waals surface area contributed by atoms with E-state index in [9.17, 15) is 18.1 Å². The number of hydrogen-bond donors (Lipinski definition) is 3. The first-order valence-corrected chi connectivity index (χ1v) is 10.9. The minimum absolute atomic E-state index is 0.0798. The molecule has 172 valence electrons. The van der Waals surface area contributed by atoms with E-state index in [0.717, 1.165) is 10.7 Å². The lowest BCUT2D eigenvalue weighted by Gasteiger charge is -2.11. The molecule has 1 amide bonds. The molecule has 3 aromatic rings. The molecule has 0 fully saturated rings. The van der Waals surface area contributed by atoms with Crippen LogP contribution in [-0.2, 0) is 20.6 Å². The minimum atomic E-state index is -4.83. The number of phosphoric ester groups is 1. The van der Waals surface area contributed by atoms with Crippen LogP contribution in [0.2, 0.25) is 5.15 Å². The highest BCUT2D eigenvalue weighted by Gasteiger charge is 2.20. The van der Waals surface area contributed by atoms with E-state index in [1.165, 1.54) is 12.3 Å². The molecule has 0 radical (unpaired) electrons. The number of anilines is 1. The van der Waals surface area contributed by atoms with Crippen molar-refractivity contribution in [1.82, 2.24) is 14.8 Å². The van der Waals surface area contributed by atoms with Crippen molar-refractivity contribution in [3.63, 3.8) is 0 Å². The zero-order valence-corrected chi connectivity index (χ0v) is 18.7. The molecule has 0 bridgehead atoms. The molecule has 0 saturated carbocycles. The third-order valence-corrected chi connectivity index (χ3v) is 5.40. The Balaban J connectivity index is 1.91. The topological polar surface area (TPSA) is 150 Å². The number of fused-ring (bicyclic) bond motifs is 1. The third-order valence-electron chi connectivity index (χ3n) is 4.55. The number of amides is 1. The molecule has 2 heterocycles. The fraction of sp³-hybridized carbons (Fsp3) is 0.158. The second-order valence-electron chi connectivity index (χ2n) is 6.72. The highest BCUT2D eigenvalue weighted by molar-refractivity contribution is 7.46. The molecule has 0 aliphatic carbocycles. The van der Waals surface area contributed by atoms with Crippen molar-refractivity contribution in [2.75, 3.05) is 5.32 Å². The third kappa shape index (κ3) is 5.24. The van der Waals surface area contributed by atoms with Gasteiger partial charge in [-0.15, -0.1) is 0 Å². The maximum absolute atomic E-state index is 14.9. The molecule has 2 aromatic heterocycles. The second kappa shape index (κ2) is 9.35. The Morgan fingerprint density at radius 3 is 2.76 bits per heavy atom. The number of aryl methyl sites for hydroxylation is 1. The zero-order chi connectivity index (χ0) is 24.5. The van der Waals surface area contributed by atoms with Crippen LogP contribution in [0.25, 0.3) is 17.0 Å². The van der Waals surface area contributed by atoms with Gasteiger partial charge < -0.3 is 15.1 Å². The summed E-state index contributed by atoms with van der Waals surface area (Å²) in [7, 11) is -4.83. The average molecular weight is 498 g/mol. The Morgan fingerprint density at radius 2 is 2.12 bits per heavy atom. The summed E-state index contributed by atoms with van der Waals surface area (Å²) in [5.41, 5.74) is 0.467. The molecule has 3 N–H and O–H groups in total. The Morgan fingerprint density at radius 1 is 1.42 bits per heavy atom. The largest absolute Gasteiger partial charge is 0.471 e. The summed E-state index contributed by atoms with van der Waals surface area (Å²) in [6.45, 7) is 2.37. The Hall–Kier alpha value is -3.20. The van der Waals surface area contributed by atoms with Gasteiger partial charge in [0.05, 0.1) is 16.9 Å². The molecular formula is C19H15ClF2N5O5P. The molecule has 3 rings (SSSR count). The van der Waals surface area contributed by atoms with E-state index < -0.39 is 32.1 Å². The smallest absolute Gasteiger partial charge is 0.318 e. The van der Waals surface area contributed by atoms with Crippen molar-refractivity contribution in [1.29, 1.82) is 5.26 Å². The number of rotatable bonds is 6. The van der Waals surface area contributed by atoms with Gasteiger partial charge in [-0.3, -0.25) is 14.3 Å². The van der Waals surface area contributed by atoms with E-state index >= 15 is 0 Å². The fourth-order valence-electron chi connectivity index (χ4n) is 2.88. The van der Waals surface area contributed by atoms with E-state index in [0.29, 0.717) is 17.3 Å². The summed E-state index contributed by atoms with van der Waals surface area (Å²) in [6, 6.07) is 4.36. The van der Waals surface area contributed by atoms with Gasteiger partial charge >= 0.3 is 7.82 Å². The number of phosphoric acid groups is 1. The van der Waals surface area contributed by atoms with Gasteiger partial charge in [-0.25, -0.2) is 18.0 Å². The lowest BCUT2D eigenvalue weighted by molar-refractivity contribution is -0.114. The number of nitrogens with one attached hydrogen (secondary N) is 1. The van der Waals surface area contributed by atoms with Gasteiger partial charge in [0.1, 0.15) is 16.7 Å². The standard InChI is InChI=1S/C19H15ClF2N5O5P/c1-9-12(6-23)7-24-10(2)16(9)25-19(28)14(21)5-11-3-4-13-17(15(11)22)26-27(18(13)20)8-32-33(29,30)31/h3-5,7H,8H2,1-2H3,(H,25,28)(H2,29,30,31)/b14-5-. The molecule has 0 atom stereocenters. The second-order valence-corrected chi connectivity index (χ2v) is 8.32. The summed E-state index contributed by atoms with van der Waals surface area (Å²) in [4.78, 5) is 33.9. The van der Waals surface area contributed by atoms with Crippen LogP contribution in [0, 0.1) is 31.0 Å². The molecule has 0 unspecified atom stereocenters. The van der Waals surface area contributed by atoms with Crippen LogP contribution in [0.4, 0.5) is 14.5 Å². The summed E-state index contributed by atoms with van der Waals surface area (Å²) < 4.78 is 45.4. The van der Waals surface area contributed by atoms with Gasteiger partial charge in [0.15, 0.2) is 18.4 Å². The monoisotopic (exact) mass is 497 g/mol. The Labute approximate surface area is 190 Å². The maximum Gasteiger partial charge on any atom is 0.471 e. The van der Waals surface area contributed by atoms with Crippen LogP contribution < -0.4 is 5.32 Å². The lowest BCUT2D eigenvalue weighted by atomic mass is 10.1. The average Bonchev–Trinajstić information content (AvgIpc) is 3.07. The van der Waals surface area contributed by atoms with Crippen LogP contribution in [0.1, 0.15) is 22.4 Å². The number of halogens is 3. The minimum Gasteiger partial charge on any atom is -0.318 e. The van der Waals surface area contributed by atoms with Crippen molar-refractivity contribution in [2.24, 2.45) is 0 Å². The van der Waals surface area contributed by atoms with E-state index in [-0.39, 0.29) is 32.9 Å². The molecule has 10 nitrogen and oxygen atoms in total. The van der Waals surface area contributed by atoms with Gasteiger partial charge in [-0.05, 0) is 31.6 Å². The first-order chi connectivity index (χ1) is 15.4. The van der Waals surface area contributed by atoms with Crippen LogP contribution in [0.3, 0.4) is 0 Å². The highest BCUT2D eigenvalue weighted by atomic mass is 35.5. The summed E-state index contributed by atoms with van der Waals surface area (Å²) in [5.74, 6) is -3.53. The van der Waals surface area contributed by atoms with Crippen molar-refractivity contribution < 1.29 is 32.5 Å². The predicted octanol–water partition coefficient (Wildman–Crippen LogP) is 3.73. The number of benzene rings is 1. The van der Waals surface area contributed by atoms with Crippen molar-refractivity contribution >= 4 is 48.0 Å². The lowest BCUT2D eigenvalue weighted by Crippen LogP contribution is -2.15. The number of carbonyl (C=O) groups is 1. The number of nitrogens with zero attached hydrogens (tertiary/aromatic N) is 4. The Kier molecular flexibility index (Phi) is 6.92. The maximum atomic E-state index is 14.9. The van der Waals surface area contributed by atoms with Gasteiger partial charge in [-0.2, -0.15) is 10.4 Å². The highest BCUT2D eigenvalue weighted by Crippen LogP contribution is 2.37. The Bertz CT molecular complexity index is 1400. The van der Waals surface area contributed by atoms with Gasteiger partial charge in [-0.1, -0.05) is 17.7 Å². The van der Waals surface area contributed by atoms with Gasteiger partial charge in [0, 0.05) is 17.1 Å². The van der Waals surface area contributed by atoms with Crippen molar-refractivity contribution in [3.8, 4) is 6.07 Å². The summed E-state index contributed by atoms with van der Waals surface area (Å²) in [5, 5.41) is 15.1. The van der Waals surface area contributed by atoms with Crippen LogP contribution in [0.15, 0.2) is 24.2 Å². The van der Waals surface area contributed by atoms with Crippen LogP contribution in [-0.4, -0.2) is 30.5 Å².